The Kier molecular flexibility index (Phi) is 8.83. The van der Waals surface area contributed by atoms with E-state index in [0.29, 0.717) is 29.2 Å². The van der Waals surface area contributed by atoms with Gasteiger partial charge in [-0.25, -0.2) is 0 Å². The topological polar surface area (TPSA) is 75.6 Å². The summed E-state index contributed by atoms with van der Waals surface area (Å²) in [6, 6.07) is 15.0. The number of halogens is 1. The molecule has 0 aliphatic carbocycles. The fourth-order valence-electron chi connectivity index (χ4n) is 5.81. The van der Waals surface area contributed by atoms with Gasteiger partial charge >= 0.3 is 0 Å². The van der Waals surface area contributed by atoms with Gasteiger partial charge in [-0.15, -0.1) is 11.3 Å². The van der Waals surface area contributed by atoms with Crippen LogP contribution in [0.15, 0.2) is 53.9 Å². The monoisotopic (exact) mass is 583 g/mol. The Morgan fingerprint density at radius 1 is 1.10 bits per heavy atom. The van der Waals surface area contributed by atoms with Crippen LogP contribution < -0.4 is 24.6 Å². The van der Waals surface area contributed by atoms with Crippen molar-refractivity contribution in [1.82, 2.24) is 10.2 Å². The summed E-state index contributed by atoms with van der Waals surface area (Å²) in [7, 11) is 4.86. The number of anilines is 1. The number of likely N-dealkylation sites (N-methyl/N-ethyl adjacent to an activating group) is 1. The van der Waals surface area contributed by atoms with E-state index in [2.05, 4.69) is 16.3 Å². The van der Waals surface area contributed by atoms with Crippen molar-refractivity contribution >= 4 is 40.4 Å². The average Bonchev–Trinajstić information content (AvgIpc) is 3.51. The van der Waals surface area contributed by atoms with Gasteiger partial charge in [0.25, 0.3) is 5.91 Å². The number of nitrogens with one attached hydrogen (secondary N) is 2. The first kappa shape index (κ1) is 28.3. The van der Waals surface area contributed by atoms with Crippen LogP contribution in [0.5, 0.6) is 11.5 Å². The zero-order valence-corrected chi connectivity index (χ0v) is 24.7. The van der Waals surface area contributed by atoms with Gasteiger partial charge in [0.2, 0.25) is 5.91 Å². The van der Waals surface area contributed by atoms with Crippen molar-refractivity contribution in [3.8, 4) is 11.5 Å². The molecule has 0 radical (unpaired) electrons. The number of methoxy groups -OCH3 is 2. The first-order valence-corrected chi connectivity index (χ1v) is 14.8. The largest absolute Gasteiger partial charge is 0.493 e. The molecule has 2 aliphatic heterocycles. The SMILES string of the molecule is COc1cc2c(cc1OC)C(C(=O)NCCC[NH+]1CCN(c3cccc(Cl)c3)CC1)C(c1cccs1)N(C)C2=O. The van der Waals surface area contributed by atoms with Crippen molar-refractivity contribution < 1.29 is 24.0 Å². The number of carbonyl (C=O) groups excluding carboxylic acids is 2. The van der Waals surface area contributed by atoms with Crippen LogP contribution in [-0.2, 0) is 4.79 Å². The van der Waals surface area contributed by atoms with Crippen molar-refractivity contribution in [1.29, 1.82) is 0 Å². The Hall–Kier alpha value is -3.27. The molecule has 0 saturated carbocycles. The van der Waals surface area contributed by atoms with E-state index in [9.17, 15) is 9.59 Å². The van der Waals surface area contributed by atoms with Crippen molar-refractivity contribution in [3.05, 3.63) is 74.9 Å². The van der Waals surface area contributed by atoms with Gasteiger partial charge in [0.15, 0.2) is 11.5 Å². The lowest BCUT2D eigenvalue weighted by Crippen LogP contribution is -3.15. The molecule has 3 aromatic rings. The van der Waals surface area contributed by atoms with Gasteiger partial charge in [-0.2, -0.15) is 0 Å². The molecular formula is C30H36ClN4O4S+. The second-order valence-electron chi connectivity index (χ2n) is 10.3. The number of amides is 2. The molecule has 0 bridgehead atoms. The third kappa shape index (κ3) is 5.77. The van der Waals surface area contributed by atoms with E-state index in [0.717, 1.165) is 49.0 Å². The minimum atomic E-state index is -0.565. The number of quaternary nitrogens is 1. The predicted octanol–water partition coefficient (Wildman–Crippen LogP) is 3.24. The molecule has 3 heterocycles. The van der Waals surface area contributed by atoms with Gasteiger partial charge in [-0.05, 0) is 47.3 Å². The van der Waals surface area contributed by atoms with Gasteiger partial charge in [-0.3, -0.25) is 9.59 Å². The lowest BCUT2D eigenvalue weighted by molar-refractivity contribution is -0.900. The number of piperazine rings is 1. The molecule has 212 valence electrons. The summed E-state index contributed by atoms with van der Waals surface area (Å²) < 4.78 is 11.0. The number of hydrogen-bond acceptors (Lipinski definition) is 6. The van der Waals surface area contributed by atoms with Crippen LogP contribution in [0.1, 0.15) is 39.2 Å². The standard InChI is InChI=1S/C30H35ClN4O4S/c1-33-28(26-9-5-16-40-26)27(22-18-24(38-2)25(39-3)19-23(22)30(33)37)29(36)32-10-6-11-34-12-14-35(15-13-34)21-8-4-7-20(31)17-21/h4-5,7-9,16-19,27-28H,6,10-15H2,1-3H3,(H,32,36)/p+1. The Balaban J connectivity index is 1.25. The van der Waals surface area contributed by atoms with Crippen LogP contribution in [0.4, 0.5) is 5.69 Å². The third-order valence-electron chi connectivity index (χ3n) is 7.94. The lowest BCUT2D eigenvalue weighted by Gasteiger charge is -2.39. The van der Waals surface area contributed by atoms with Crippen LogP contribution in [0.3, 0.4) is 0 Å². The van der Waals surface area contributed by atoms with E-state index in [1.54, 1.807) is 49.6 Å². The fourth-order valence-corrected chi connectivity index (χ4v) is 6.90. The Labute approximate surface area is 244 Å². The van der Waals surface area contributed by atoms with Gasteiger partial charge in [0, 0.05) is 41.2 Å². The summed E-state index contributed by atoms with van der Waals surface area (Å²) >= 11 is 7.72. The number of benzene rings is 2. The maximum atomic E-state index is 13.8. The van der Waals surface area contributed by atoms with Gasteiger partial charge in [0.05, 0.1) is 58.9 Å². The zero-order valence-electron chi connectivity index (χ0n) is 23.1. The van der Waals surface area contributed by atoms with E-state index in [4.69, 9.17) is 21.1 Å². The zero-order chi connectivity index (χ0) is 28.2. The van der Waals surface area contributed by atoms with Crippen LogP contribution in [0.2, 0.25) is 5.02 Å². The number of hydrogen-bond donors (Lipinski definition) is 2. The highest BCUT2D eigenvalue weighted by molar-refractivity contribution is 7.10. The average molecular weight is 584 g/mol. The summed E-state index contributed by atoms with van der Waals surface area (Å²) in [4.78, 5) is 33.8. The highest BCUT2D eigenvalue weighted by atomic mass is 35.5. The molecule has 0 spiro atoms. The number of ether oxygens (including phenoxy) is 2. The van der Waals surface area contributed by atoms with E-state index >= 15 is 0 Å². The van der Waals surface area contributed by atoms with E-state index < -0.39 is 12.0 Å². The molecule has 10 heteroatoms. The molecule has 5 rings (SSSR count). The highest BCUT2D eigenvalue weighted by Gasteiger charge is 2.44. The molecule has 1 saturated heterocycles. The van der Waals surface area contributed by atoms with E-state index in [-0.39, 0.29) is 11.8 Å². The predicted molar refractivity (Wildman–Crippen MR) is 158 cm³/mol. The molecule has 1 aromatic heterocycles. The Morgan fingerprint density at radius 2 is 1.85 bits per heavy atom. The molecule has 2 N–H and O–H groups in total. The smallest absolute Gasteiger partial charge is 0.254 e. The molecule has 1 fully saturated rings. The normalized spacial score (nSPS) is 19.4. The summed E-state index contributed by atoms with van der Waals surface area (Å²) in [6.45, 7) is 5.62. The Bertz CT molecular complexity index is 1340. The quantitative estimate of drug-likeness (QED) is 0.378. The summed E-state index contributed by atoms with van der Waals surface area (Å²) in [5.74, 6) is 0.174. The number of carbonyl (C=O) groups is 2. The van der Waals surface area contributed by atoms with Gasteiger partial charge < -0.3 is 29.5 Å². The second kappa shape index (κ2) is 12.5. The van der Waals surface area contributed by atoms with Crippen LogP contribution >= 0.6 is 22.9 Å². The fraction of sp³-hybridized carbons (Fsp3) is 0.400. The molecule has 2 aromatic carbocycles. The van der Waals surface area contributed by atoms with Crippen molar-refractivity contribution in [2.75, 3.05) is 65.4 Å². The molecule has 2 atom stereocenters. The molecule has 40 heavy (non-hydrogen) atoms. The third-order valence-corrected chi connectivity index (χ3v) is 9.12. The summed E-state index contributed by atoms with van der Waals surface area (Å²) in [5, 5.41) is 5.92. The van der Waals surface area contributed by atoms with Crippen LogP contribution in [0.25, 0.3) is 0 Å². The minimum absolute atomic E-state index is 0.0907. The van der Waals surface area contributed by atoms with Crippen LogP contribution in [0, 0.1) is 0 Å². The Morgan fingerprint density at radius 3 is 2.52 bits per heavy atom. The number of thiophene rings is 1. The molecule has 2 aliphatic rings. The number of nitrogens with zero attached hydrogens (tertiary/aromatic N) is 2. The van der Waals surface area contributed by atoms with Crippen molar-refractivity contribution in [2.24, 2.45) is 0 Å². The second-order valence-corrected chi connectivity index (χ2v) is 11.7. The molecule has 2 amide bonds. The highest BCUT2D eigenvalue weighted by Crippen LogP contribution is 2.46. The van der Waals surface area contributed by atoms with E-state index in [1.165, 1.54) is 10.6 Å². The van der Waals surface area contributed by atoms with Crippen molar-refractivity contribution in [3.63, 3.8) is 0 Å². The summed E-state index contributed by atoms with van der Waals surface area (Å²) in [5.41, 5.74) is 2.30. The molecular weight excluding hydrogens is 548 g/mol. The maximum Gasteiger partial charge on any atom is 0.254 e. The number of rotatable bonds is 9. The maximum absolute atomic E-state index is 13.8. The first-order chi connectivity index (χ1) is 19.4. The van der Waals surface area contributed by atoms with Gasteiger partial charge in [-0.1, -0.05) is 23.7 Å². The molecule has 2 unspecified atom stereocenters. The minimum Gasteiger partial charge on any atom is -0.493 e. The first-order valence-electron chi connectivity index (χ1n) is 13.6. The van der Waals surface area contributed by atoms with E-state index in [1.807, 2.05) is 35.7 Å². The van der Waals surface area contributed by atoms with Gasteiger partial charge in [0.1, 0.15) is 0 Å². The number of fused-ring (bicyclic) bond motifs is 1. The lowest BCUT2D eigenvalue weighted by atomic mass is 9.81. The van der Waals surface area contributed by atoms with Crippen LogP contribution in [-0.4, -0.2) is 77.3 Å². The molecule has 8 nitrogen and oxygen atoms in total. The van der Waals surface area contributed by atoms with Crippen molar-refractivity contribution in [2.45, 2.75) is 18.4 Å². The summed E-state index contributed by atoms with van der Waals surface area (Å²) in [6.07, 6.45) is 0.877.